The first kappa shape index (κ1) is 88.3. The molecule has 0 unspecified atom stereocenters. The van der Waals surface area contributed by atoms with E-state index in [2.05, 4.69) is 29.8 Å². The van der Waals surface area contributed by atoms with Crippen molar-refractivity contribution in [1.82, 2.24) is 39.6 Å². The van der Waals surface area contributed by atoms with E-state index < -0.39 is 184 Å². The van der Waals surface area contributed by atoms with Gasteiger partial charge in [-0.25, -0.2) is 16.8 Å². The number of aromatic nitrogens is 4. The smallest absolute Gasteiger partial charge is 0.427 e. The van der Waals surface area contributed by atoms with Gasteiger partial charge in [0.15, 0.2) is 11.6 Å². The molecule has 4 amide bonds. The van der Waals surface area contributed by atoms with Crippen LogP contribution >= 0.6 is 0 Å². The van der Waals surface area contributed by atoms with Gasteiger partial charge in [-0.2, -0.15) is 26.3 Å². The Hall–Kier alpha value is -8.56. The van der Waals surface area contributed by atoms with E-state index in [0.29, 0.717) is 98.6 Å². The highest BCUT2D eigenvalue weighted by Crippen LogP contribution is 2.60. The molecule has 0 radical (unpaired) electrons. The van der Waals surface area contributed by atoms with Gasteiger partial charge in [-0.05, 0) is 178 Å². The molecule has 8 aliphatic rings. The molecule has 6 heterocycles. The van der Waals surface area contributed by atoms with Crippen molar-refractivity contribution in [2.45, 2.75) is 255 Å². The predicted octanol–water partition coefficient (Wildman–Crippen LogP) is 12.5. The van der Waals surface area contributed by atoms with E-state index in [1.807, 2.05) is 52.0 Å². The summed E-state index contributed by atoms with van der Waals surface area (Å²) in [5.41, 5.74) is -8.41. The average molecular weight is 1670 g/mol. The molecule has 12 rings (SSSR count). The quantitative estimate of drug-likeness (QED) is 0.0471. The van der Waals surface area contributed by atoms with E-state index in [0.717, 1.165) is 27.7 Å². The third-order valence-electron chi connectivity index (χ3n) is 25.3. The van der Waals surface area contributed by atoms with Gasteiger partial charge in [0.2, 0.25) is 78.4 Å². The van der Waals surface area contributed by atoms with E-state index in [1.54, 1.807) is 62.4 Å². The molecule has 4 aliphatic heterocycles. The first-order valence-corrected chi connectivity index (χ1v) is 42.9. The summed E-state index contributed by atoms with van der Waals surface area (Å²) in [5, 5.41) is 19.0. The molecule has 0 spiro atoms. The molecule has 4 saturated carbocycles. The summed E-state index contributed by atoms with van der Waals surface area (Å²) in [7, 11) is -5.17. The van der Waals surface area contributed by atoms with Gasteiger partial charge in [0.25, 0.3) is 0 Å². The van der Waals surface area contributed by atoms with Gasteiger partial charge in [0.05, 0.1) is 106 Å². The lowest BCUT2D eigenvalue weighted by atomic mass is 9.79. The molecular formula is C82H106F6N8O18S2. The van der Waals surface area contributed by atoms with Crippen molar-refractivity contribution in [2.75, 3.05) is 27.3 Å². The summed E-state index contributed by atoms with van der Waals surface area (Å²) in [4.78, 5) is 117. The van der Waals surface area contributed by atoms with Crippen LogP contribution in [0.5, 0.6) is 23.5 Å². The van der Waals surface area contributed by atoms with Gasteiger partial charge >= 0.3 is 24.3 Å². The Bertz CT molecular complexity index is 4430. The number of fused-ring (bicyclic) bond motifs is 6. The Morgan fingerprint density at radius 2 is 0.853 bits per heavy atom. The molecule has 2 saturated heterocycles. The minimum atomic E-state index is -4.87. The number of ketones is 2. The maximum absolute atomic E-state index is 15.0. The molecule has 2 aromatic heterocycles. The summed E-state index contributed by atoms with van der Waals surface area (Å²) >= 11 is 0. The number of carbonyl (C=O) groups excluding carboxylic acids is 8. The second-order valence-electron chi connectivity index (χ2n) is 34.7. The number of methoxy groups -OCH3 is 2. The summed E-state index contributed by atoms with van der Waals surface area (Å²) in [6.45, 7) is 13.5. The van der Waals surface area contributed by atoms with Gasteiger partial charge < -0.3 is 38.2 Å². The van der Waals surface area contributed by atoms with Gasteiger partial charge in [-0.3, -0.25) is 47.8 Å². The molecule has 636 valence electrons. The number of amides is 4. The van der Waals surface area contributed by atoms with Crippen molar-refractivity contribution in [3.63, 3.8) is 0 Å². The molecule has 0 bridgehead atoms. The van der Waals surface area contributed by atoms with E-state index in [4.69, 9.17) is 28.4 Å². The minimum Gasteiger partial charge on any atom is -0.479 e. The zero-order chi connectivity index (χ0) is 84.8. The predicted molar refractivity (Wildman–Crippen MR) is 412 cm³/mol. The molecule has 2 N–H and O–H groups in total. The number of benzene rings is 2. The molecule has 2 aromatic carbocycles. The normalized spacial score (nSPS) is 29.6. The fraction of sp³-hybridized carbons (Fsp3) is 0.659. The van der Waals surface area contributed by atoms with Crippen LogP contribution in [0, 0.1) is 58.2 Å². The van der Waals surface area contributed by atoms with Crippen LogP contribution in [0.15, 0.2) is 72.8 Å². The lowest BCUT2D eigenvalue weighted by Gasteiger charge is -2.34. The fourth-order valence-electron chi connectivity index (χ4n) is 16.7. The van der Waals surface area contributed by atoms with Crippen molar-refractivity contribution in [3.05, 3.63) is 72.8 Å². The zero-order valence-electron chi connectivity index (χ0n) is 67.5. The Labute approximate surface area is 671 Å². The topological polar surface area (TPSA) is 342 Å². The zero-order valence-corrected chi connectivity index (χ0v) is 69.2. The number of hydrogen-bond donors (Lipinski definition) is 2. The maximum atomic E-state index is 15.0. The number of nitrogens with one attached hydrogen (secondary N) is 2. The maximum Gasteiger partial charge on any atom is 0.427 e. The SMILES string of the molecule is CC[C@@H]1C[C@@H](C)CC/C=C\[C@@H]2C[C@@]2(C(=O)NS(=O)(=O)C2(C)CC2)CC(=O)[C@@H]2C[C@@H](Oc3nnc(OC)c4ccccc34)CN2C(=O)[C@H]1CC(=O)OC(C)(C)C(F)(F)F.CC[C@@H]1C[C@H](C)CC/C=C\[C@@H]2C[C@@]2(C(=O)NS(=O)(=O)C2(C)CC2)CC(=O)[C@@H]2C[C@@H](Oc3nnc(OC)c4ccccc34)CN2C(=O)[C@H]1CC(=O)OC(C)(C)C(F)(F)F. The average Bonchev–Trinajstić information content (AvgIpc) is 1.57. The second kappa shape index (κ2) is 33.7. The Morgan fingerprint density at radius 1 is 0.526 bits per heavy atom. The Kier molecular flexibility index (Phi) is 25.6. The Balaban J connectivity index is 0.000000228. The molecule has 4 aromatic rings. The third-order valence-corrected chi connectivity index (χ3v) is 29.6. The third kappa shape index (κ3) is 18.8. The highest BCUT2D eigenvalue weighted by molar-refractivity contribution is 7.92. The van der Waals surface area contributed by atoms with Crippen LogP contribution in [0.2, 0.25) is 0 Å². The van der Waals surface area contributed by atoms with Crippen LogP contribution in [0.4, 0.5) is 26.3 Å². The number of esters is 2. The number of alkyl halides is 6. The largest absolute Gasteiger partial charge is 0.479 e. The van der Waals surface area contributed by atoms with Crippen LogP contribution in [0.1, 0.15) is 198 Å². The summed E-state index contributed by atoms with van der Waals surface area (Å²) in [5.74, 6) is -9.57. The summed E-state index contributed by atoms with van der Waals surface area (Å²) in [6.07, 6.45) is 0.250. The monoisotopic (exact) mass is 1670 g/mol. The fourth-order valence-corrected chi connectivity index (χ4v) is 19.4. The first-order chi connectivity index (χ1) is 54.3. The van der Waals surface area contributed by atoms with Crippen molar-refractivity contribution in [3.8, 4) is 23.5 Å². The van der Waals surface area contributed by atoms with Crippen molar-refractivity contribution < 1.29 is 110 Å². The Morgan fingerprint density at radius 3 is 1.16 bits per heavy atom. The highest BCUT2D eigenvalue weighted by Gasteiger charge is 2.65. The van der Waals surface area contributed by atoms with Gasteiger partial charge in [0.1, 0.15) is 12.2 Å². The molecule has 26 nitrogen and oxygen atoms in total. The van der Waals surface area contributed by atoms with E-state index in [-0.39, 0.29) is 87.0 Å². The molecule has 14 atom stereocenters. The lowest BCUT2D eigenvalue weighted by molar-refractivity contribution is -0.257. The summed E-state index contributed by atoms with van der Waals surface area (Å²) < 4.78 is 172. The van der Waals surface area contributed by atoms with Crippen molar-refractivity contribution >= 4 is 88.7 Å². The minimum absolute atomic E-state index is 0.0170. The highest BCUT2D eigenvalue weighted by atomic mass is 32.2. The van der Waals surface area contributed by atoms with Crippen molar-refractivity contribution in [2.24, 2.45) is 58.2 Å². The number of halogens is 6. The van der Waals surface area contributed by atoms with Crippen LogP contribution < -0.4 is 28.4 Å². The van der Waals surface area contributed by atoms with Crippen LogP contribution in [0.25, 0.3) is 21.5 Å². The number of ether oxygens (including phenoxy) is 6. The van der Waals surface area contributed by atoms with Crippen LogP contribution in [-0.2, 0) is 67.9 Å². The van der Waals surface area contributed by atoms with E-state index in [1.165, 1.54) is 24.0 Å². The van der Waals surface area contributed by atoms with Gasteiger partial charge in [-0.1, -0.05) is 89.1 Å². The second-order valence-corrected chi connectivity index (χ2v) is 39.1. The first-order valence-electron chi connectivity index (χ1n) is 39.9. The lowest BCUT2D eigenvalue weighted by Crippen LogP contribution is -2.49. The number of nitrogens with zero attached hydrogens (tertiary/aromatic N) is 6. The van der Waals surface area contributed by atoms with E-state index >= 15 is 0 Å². The van der Waals surface area contributed by atoms with Gasteiger partial charge in [0, 0.05) is 25.7 Å². The molecule has 116 heavy (non-hydrogen) atoms. The summed E-state index contributed by atoms with van der Waals surface area (Å²) in [6, 6.07) is 11.8. The molecular weight excluding hydrogens is 1560 g/mol. The molecule has 6 fully saturated rings. The van der Waals surface area contributed by atoms with Crippen molar-refractivity contribution in [1.29, 1.82) is 0 Å². The number of hydrogen-bond acceptors (Lipinski definition) is 22. The number of carbonyl (C=O) groups is 8. The molecule has 34 heteroatoms. The standard InChI is InChI=1S/2C41H53F3N4O9S/c2*1-7-25-18-24(2)12-8-9-13-26-21-40(26,37(52)47-58(53,54)39(5)16-17-39)22-32(49)31-19-27(56-35-29-15-11-10-14-28(29)34(55-6)45-46-35)23-48(31)36(51)30(25)20-33(50)57-38(3,4)41(42,43)44/h2*9-11,13-15,24-27,30-31H,7-8,12,16-23H2,1-6H3,(H,47,52)/b2*13-9-/t24-,25+,26+,27+,30-,31-,40+;24-,25-,26-,27-,30+,31+,40-/m01/s1. The number of rotatable bonds is 20. The molecule has 4 aliphatic carbocycles. The van der Waals surface area contributed by atoms with Crippen LogP contribution in [0.3, 0.4) is 0 Å². The van der Waals surface area contributed by atoms with Crippen LogP contribution in [-0.4, -0.2) is 179 Å². The van der Waals surface area contributed by atoms with E-state index in [9.17, 15) is 81.5 Å². The number of Topliss-reactive ketones (excluding diaryl/α,β-unsaturated/α-hetero) is 2. The van der Waals surface area contributed by atoms with Gasteiger partial charge in [-0.15, -0.1) is 20.4 Å². The number of allylic oxidation sites excluding steroid dienone is 4. The number of sulfonamides is 2.